The highest BCUT2D eigenvalue weighted by Crippen LogP contribution is 2.34. The van der Waals surface area contributed by atoms with Crippen LogP contribution < -0.4 is 10.1 Å². The number of thioether (sulfide) groups is 1. The molecule has 0 radical (unpaired) electrons. The molecule has 1 aliphatic rings. The van der Waals surface area contributed by atoms with Crippen LogP contribution >= 0.6 is 27.7 Å². The Hall–Kier alpha value is -1.50. The number of hydrogen-bond acceptors (Lipinski definition) is 4. The van der Waals surface area contributed by atoms with E-state index in [1.807, 2.05) is 42.5 Å². The van der Waals surface area contributed by atoms with Crippen molar-refractivity contribution in [3.8, 4) is 5.75 Å². The van der Waals surface area contributed by atoms with Gasteiger partial charge in [0.05, 0.1) is 25.5 Å². The quantitative estimate of drug-likeness (QED) is 0.451. The number of rotatable bonds is 6. The van der Waals surface area contributed by atoms with Gasteiger partial charge in [0, 0.05) is 21.7 Å². The number of halogens is 1. The number of benzene rings is 1. The van der Waals surface area contributed by atoms with Gasteiger partial charge < -0.3 is 9.15 Å². The van der Waals surface area contributed by atoms with Crippen LogP contribution in [0.1, 0.15) is 23.8 Å². The van der Waals surface area contributed by atoms with E-state index in [1.54, 1.807) is 25.1 Å². The molecular formula is C18H20BrN2O2S+. The summed E-state index contributed by atoms with van der Waals surface area (Å²) in [6.45, 7) is 3.80. The molecule has 0 aliphatic carbocycles. The van der Waals surface area contributed by atoms with E-state index >= 15 is 0 Å². The Kier molecular flexibility index (Phi) is 5.48. The van der Waals surface area contributed by atoms with Crippen molar-refractivity contribution in [1.29, 1.82) is 0 Å². The molecule has 1 aliphatic heterocycles. The summed E-state index contributed by atoms with van der Waals surface area (Å²) in [6, 6.07) is 12.1. The van der Waals surface area contributed by atoms with Gasteiger partial charge in [-0.3, -0.25) is 5.32 Å². The maximum atomic E-state index is 5.63. The largest absolute Gasteiger partial charge is 0.497 e. The third-order valence-corrected chi connectivity index (χ3v) is 6.01. The molecule has 1 aromatic heterocycles. The Morgan fingerprint density at radius 2 is 2.25 bits per heavy atom. The maximum absolute atomic E-state index is 5.63. The van der Waals surface area contributed by atoms with E-state index < -0.39 is 3.90 Å². The molecule has 0 saturated carbocycles. The Balaban J connectivity index is 1.93. The first-order valence-electron chi connectivity index (χ1n) is 7.70. The van der Waals surface area contributed by atoms with Gasteiger partial charge in [-0.1, -0.05) is 17.8 Å². The molecular weight excluding hydrogens is 388 g/mol. The minimum absolute atomic E-state index is 0.172. The van der Waals surface area contributed by atoms with Crippen molar-refractivity contribution in [1.82, 2.24) is 0 Å². The summed E-state index contributed by atoms with van der Waals surface area (Å²) in [6.07, 6.45) is 4.41. The Morgan fingerprint density at radius 1 is 1.46 bits per heavy atom. The predicted molar refractivity (Wildman–Crippen MR) is 102 cm³/mol. The topological polar surface area (TPSA) is 51.3 Å². The number of nitrogens with two attached hydrogens (primary N) is 1. The second-order valence-electron chi connectivity index (χ2n) is 5.49. The van der Waals surface area contributed by atoms with Crippen LogP contribution in [0.25, 0.3) is 0 Å². The lowest BCUT2D eigenvalue weighted by atomic mass is 10.00. The van der Waals surface area contributed by atoms with Crippen LogP contribution in [0.5, 0.6) is 5.75 Å². The van der Waals surface area contributed by atoms with Gasteiger partial charge in [-0.05, 0) is 42.0 Å². The second-order valence-corrected chi connectivity index (χ2v) is 8.47. The van der Waals surface area contributed by atoms with Crippen LogP contribution in [0.4, 0.5) is 0 Å². The minimum atomic E-state index is -0.480. The molecule has 3 rings (SSSR count). The SMILES string of the molecule is C=CCS[C@]1(Br)N=C(c2ccc(OC)cc2)C[C@H](c2ccco2)[NH2+]1. The number of nitrogens with zero attached hydrogens (tertiary/aromatic N) is 1. The van der Waals surface area contributed by atoms with Crippen LogP contribution in [0.15, 0.2) is 64.7 Å². The zero-order valence-electron chi connectivity index (χ0n) is 13.4. The average Bonchev–Trinajstić information content (AvgIpc) is 3.14. The van der Waals surface area contributed by atoms with E-state index in [1.165, 1.54) is 0 Å². The number of aliphatic imine (C=N–C) groups is 1. The molecule has 2 N–H and O–H groups in total. The molecule has 2 atom stereocenters. The summed E-state index contributed by atoms with van der Waals surface area (Å²) < 4.78 is 10.4. The number of alkyl halides is 1. The molecule has 6 heteroatoms. The number of furan rings is 1. The number of ether oxygens (including phenoxy) is 1. The van der Waals surface area contributed by atoms with E-state index in [4.69, 9.17) is 14.1 Å². The van der Waals surface area contributed by atoms with Crippen LogP contribution in [-0.4, -0.2) is 22.5 Å². The summed E-state index contributed by atoms with van der Waals surface area (Å²) in [5, 5.41) is 2.20. The summed E-state index contributed by atoms with van der Waals surface area (Å²) in [5.41, 5.74) is 2.15. The van der Waals surface area contributed by atoms with Gasteiger partial charge in [-0.2, -0.15) is 0 Å². The Morgan fingerprint density at radius 3 is 2.88 bits per heavy atom. The number of hydrogen-bond donors (Lipinski definition) is 1. The van der Waals surface area contributed by atoms with E-state index in [0.717, 1.165) is 35.0 Å². The van der Waals surface area contributed by atoms with Crippen molar-refractivity contribution in [2.24, 2.45) is 4.99 Å². The zero-order valence-corrected chi connectivity index (χ0v) is 15.8. The van der Waals surface area contributed by atoms with E-state index in [2.05, 4.69) is 27.8 Å². The lowest BCUT2D eigenvalue weighted by Gasteiger charge is -2.30. The monoisotopic (exact) mass is 407 g/mol. The van der Waals surface area contributed by atoms with Gasteiger partial charge >= 0.3 is 0 Å². The highest BCUT2D eigenvalue weighted by atomic mass is 79.9. The zero-order chi connectivity index (χ0) is 17.0. The molecule has 1 aromatic carbocycles. The van der Waals surface area contributed by atoms with Crippen molar-refractivity contribution in [3.05, 3.63) is 66.6 Å². The number of quaternary nitrogens is 1. The highest BCUT2D eigenvalue weighted by molar-refractivity contribution is 9.11. The Labute approximate surface area is 154 Å². The van der Waals surface area contributed by atoms with Crippen molar-refractivity contribution in [2.75, 3.05) is 12.9 Å². The standard InChI is InChI=1S/C18H19BrN2O2S/c1-3-11-24-18(19)20-15(13-6-8-14(22-2)9-7-13)12-16(21-18)17-5-4-10-23-17/h3-10,16,21H,1,11-12H2,2H3/p+1/t16-,18-/m1/s1. The normalized spacial score (nSPS) is 23.6. The van der Waals surface area contributed by atoms with E-state index in [0.29, 0.717) is 0 Å². The van der Waals surface area contributed by atoms with Crippen LogP contribution in [0, 0.1) is 0 Å². The van der Waals surface area contributed by atoms with Gasteiger partial charge in [0.2, 0.25) is 0 Å². The molecule has 24 heavy (non-hydrogen) atoms. The molecule has 126 valence electrons. The van der Waals surface area contributed by atoms with Crippen molar-refractivity contribution in [2.45, 2.75) is 16.4 Å². The fraction of sp³-hybridized carbons (Fsp3) is 0.278. The van der Waals surface area contributed by atoms with Gasteiger partial charge in [0.15, 0.2) is 11.8 Å². The smallest absolute Gasteiger partial charge is 0.294 e. The van der Waals surface area contributed by atoms with E-state index in [9.17, 15) is 0 Å². The highest BCUT2D eigenvalue weighted by Gasteiger charge is 2.40. The number of methoxy groups -OCH3 is 1. The molecule has 2 aromatic rings. The average molecular weight is 408 g/mol. The summed E-state index contributed by atoms with van der Waals surface area (Å²) >= 11 is 5.49. The second kappa shape index (κ2) is 7.59. The van der Waals surface area contributed by atoms with Gasteiger partial charge in [0.1, 0.15) is 5.75 Å². The molecule has 0 unspecified atom stereocenters. The molecule has 0 spiro atoms. The fourth-order valence-electron chi connectivity index (χ4n) is 2.69. The fourth-order valence-corrected chi connectivity index (χ4v) is 4.41. The van der Waals surface area contributed by atoms with Crippen molar-refractivity contribution in [3.63, 3.8) is 0 Å². The van der Waals surface area contributed by atoms with Crippen molar-refractivity contribution < 1.29 is 14.5 Å². The minimum Gasteiger partial charge on any atom is -0.497 e. The molecule has 0 amide bonds. The van der Waals surface area contributed by atoms with E-state index in [-0.39, 0.29) is 6.04 Å². The van der Waals surface area contributed by atoms with Crippen LogP contribution in [-0.2, 0) is 0 Å². The molecule has 0 fully saturated rings. The third kappa shape index (κ3) is 3.94. The first-order chi connectivity index (χ1) is 11.6. The van der Waals surface area contributed by atoms with Crippen LogP contribution in [0.3, 0.4) is 0 Å². The molecule has 0 saturated heterocycles. The lowest BCUT2D eigenvalue weighted by Crippen LogP contribution is -2.95. The molecule has 2 heterocycles. The molecule has 0 bridgehead atoms. The van der Waals surface area contributed by atoms with Crippen molar-refractivity contribution >= 4 is 33.4 Å². The summed E-state index contributed by atoms with van der Waals surface area (Å²) in [4.78, 5) is 4.95. The summed E-state index contributed by atoms with van der Waals surface area (Å²) in [7, 11) is 1.67. The molecule has 4 nitrogen and oxygen atoms in total. The van der Waals surface area contributed by atoms with Gasteiger partial charge in [-0.15, -0.1) is 6.58 Å². The first-order valence-corrected chi connectivity index (χ1v) is 9.48. The third-order valence-electron chi connectivity index (χ3n) is 3.84. The maximum Gasteiger partial charge on any atom is 0.294 e. The van der Waals surface area contributed by atoms with Gasteiger partial charge in [0.25, 0.3) is 3.90 Å². The lowest BCUT2D eigenvalue weighted by molar-refractivity contribution is -0.719. The van der Waals surface area contributed by atoms with Crippen LogP contribution in [0.2, 0.25) is 0 Å². The Bertz CT molecular complexity index is 715. The van der Waals surface area contributed by atoms with Gasteiger partial charge in [-0.25, -0.2) is 4.99 Å². The predicted octanol–water partition coefficient (Wildman–Crippen LogP) is 3.71. The first kappa shape index (κ1) is 17.3. The summed E-state index contributed by atoms with van der Waals surface area (Å²) in [5.74, 6) is 2.61.